The predicted octanol–water partition coefficient (Wildman–Crippen LogP) is 5.55. The van der Waals surface area contributed by atoms with Crippen LogP contribution in [0.3, 0.4) is 0 Å². The van der Waals surface area contributed by atoms with E-state index >= 15 is 0 Å². The number of amides is 1. The van der Waals surface area contributed by atoms with Crippen molar-refractivity contribution >= 4 is 23.4 Å². The zero-order valence-electron chi connectivity index (χ0n) is 20.2. The van der Waals surface area contributed by atoms with Gasteiger partial charge in [-0.3, -0.25) is 4.79 Å². The standard InChI is InChI=1S/C27H30N2O4/c1-16(30)21(25(32)33-27(5,6)7)22-19-10-8-9-11-20(19)23(28-22)29-24(31)17-12-14-18(15-13-17)26(2,3)4/h8-15,30H,1-7H3/b21-16+,29-23?. The topological polar surface area (TPSA) is 88.3 Å². The smallest absolute Gasteiger partial charge is 0.344 e. The number of carbonyl (C=O) groups is 2. The molecule has 1 aliphatic heterocycles. The molecule has 0 bridgehead atoms. The highest BCUT2D eigenvalue weighted by atomic mass is 16.6. The first-order valence-electron chi connectivity index (χ1n) is 10.8. The number of aliphatic imine (C=N–C) groups is 2. The summed E-state index contributed by atoms with van der Waals surface area (Å²) >= 11 is 0. The molecular weight excluding hydrogens is 416 g/mol. The Morgan fingerprint density at radius 1 is 0.909 bits per heavy atom. The maximum absolute atomic E-state index is 12.9. The number of carbonyl (C=O) groups excluding carboxylic acids is 2. The molecule has 172 valence electrons. The molecule has 1 heterocycles. The third-order valence-electron chi connectivity index (χ3n) is 5.05. The van der Waals surface area contributed by atoms with Crippen molar-refractivity contribution in [3.05, 3.63) is 82.1 Å². The first-order chi connectivity index (χ1) is 15.3. The summed E-state index contributed by atoms with van der Waals surface area (Å²) in [6.07, 6.45) is 0. The Labute approximate surface area is 194 Å². The van der Waals surface area contributed by atoms with E-state index in [1.54, 1.807) is 57.2 Å². The van der Waals surface area contributed by atoms with E-state index in [-0.39, 0.29) is 28.3 Å². The average Bonchev–Trinajstić information content (AvgIpc) is 3.04. The summed E-state index contributed by atoms with van der Waals surface area (Å²) in [6.45, 7) is 13.0. The molecular formula is C27H30N2O4. The minimum Gasteiger partial charge on any atom is -0.512 e. The number of allylic oxidation sites excluding steroid dienone is 1. The Morgan fingerprint density at radius 3 is 2.00 bits per heavy atom. The van der Waals surface area contributed by atoms with E-state index in [9.17, 15) is 14.7 Å². The summed E-state index contributed by atoms with van der Waals surface area (Å²) in [5.74, 6) is -1.16. The highest BCUT2D eigenvalue weighted by molar-refractivity contribution is 6.36. The molecule has 2 aromatic carbocycles. The van der Waals surface area contributed by atoms with Gasteiger partial charge in [-0.1, -0.05) is 57.2 Å². The lowest BCUT2D eigenvalue weighted by molar-refractivity contribution is -0.149. The van der Waals surface area contributed by atoms with Crippen molar-refractivity contribution in [1.82, 2.24) is 0 Å². The molecule has 0 radical (unpaired) electrons. The largest absolute Gasteiger partial charge is 0.512 e. The van der Waals surface area contributed by atoms with Crippen LogP contribution in [-0.2, 0) is 14.9 Å². The number of esters is 1. The minimum absolute atomic E-state index is 0.0242. The van der Waals surface area contributed by atoms with Crippen LogP contribution in [0.1, 0.15) is 75.5 Å². The number of aliphatic hydroxyl groups excluding tert-OH is 1. The highest BCUT2D eigenvalue weighted by Crippen LogP contribution is 2.27. The van der Waals surface area contributed by atoms with Crippen LogP contribution in [0.15, 0.2) is 69.8 Å². The average molecular weight is 447 g/mol. The number of aliphatic hydroxyl groups is 1. The van der Waals surface area contributed by atoms with Gasteiger partial charge in [0.15, 0.2) is 5.84 Å². The number of hydrogen-bond acceptors (Lipinski definition) is 4. The van der Waals surface area contributed by atoms with E-state index in [0.717, 1.165) is 5.56 Å². The van der Waals surface area contributed by atoms with Gasteiger partial charge in [-0.25, -0.2) is 9.79 Å². The molecule has 1 aliphatic rings. The summed E-state index contributed by atoms with van der Waals surface area (Å²) in [7, 11) is 0. The van der Waals surface area contributed by atoms with Crippen LogP contribution in [0.4, 0.5) is 0 Å². The first-order valence-corrected chi connectivity index (χ1v) is 10.8. The van der Waals surface area contributed by atoms with E-state index in [2.05, 4.69) is 30.8 Å². The fourth-order valence-corrected chi connectivity index (χ4v) is 3.41. The number of nitrogens with zero attached hydrogens (tertiary/aromatic N) is 2. The van der Waals surface area contributed by atoms with Crippen molar-refractivity contribution in [2.75, 3.05) is 0 Å². The second-order valence-electron chi connectivity index (χ2n) is 10.0. The van der Waals surface area contributed by atoms with Crippen LogP contribution in [0, 0.1) is 0 Å². The molecule has 0 saturated carbocycles. The summed E-state index contributed by atoms with van der Waals surface area (Å²) in [6, 6.07) is 14.5. The lowest BCUT2D eigenvalue weighted by atomic mass is 9.87. The Balaban J connectivity index is 2.03. The van der Waals surface area contributed by atoms with Gasteiger partial charge in [-0.15, -0.1) is 0 Å². The molecule has 2 aromatic rings. The molecule has 0 fully saturated rings. The lowest BCUT2D eigenvalue weighted by Gasteiger charge is -2.21. The molecule has 0 aromatic heterocycles. The summed E-state index contributed by atoms with van der Waals surface area (Å²) in [5.41, 5.74) is 2.17. The van der Waals surface area contributed by atoms with E-state index in [4.69, 9.17) is 4.74 Å². The van der Waals surface area contributed by atoms with Crippen LogP contribution in [0.2, 0.25) is 0 Å². The molecule has 1 N–H and O–H groups in total. The maximum Gasteiger partial charge on any atom is 0.344 e. The predicted molar refractivity (Wildman–Crippen MR) is 130 cm³/mol. The fourth-order valence-electron chi connectivity index (χ4n) is 3.41. The van der Waals surface area contributed by atoms with E-state index < -0.39 is 17.5 Å². The van der Waals surface area contributed by atoms with Crippen molar-refractivity contribution in [2.45, 2.75) is 59.5 Å². The number of fused-ring (bicyclic) bond motifs is 1. The summed E-state index contributed by atoms with van der Waals surface area (Å²) in [4.78, 5) is 34.4. The van der Waals surface area contributed by atoms with Gasteiger partial charge < -0.3 is 9.84 Å². The van der Waals surface area contributed by atoms with E-state index in [0.29, 0.717) is 16.7 Å². The van der Waals surface area contributed by atoms with E-state index in [1.165, 1.54) is 6.92 Å². The quantitative estimate of drug-likeness (QED) is 0.380. The van der Waals surface area contributed by atoms with Crippen molar-refractivity contribution in [1.29, 1.82) is 0 Å². The third kappa shape index (κ3) is 5.45. The maximum atomic E-state index is 12.9. The zero-order valence-corrected chi connectivity index (χ0v) is 20.2. The number of amidine groups is 1. The van der Waals surface area contributed by atoms with Crippen LogP contribution < -0.4 is 0 Å². The zero-order chi connectivity index (χ0) is 24.6. The molecule has 0 unspecified atom stereocenters. The van der Waals surface area contributed by atoms with Crippen LogP contribution in [0.5, 0.6) is 0 Å². The van der Waals surface area contributed by atoms with Gasteiger partial charge in [0.1, 0.15) is 16.9 Å². The number of ether oxygens (including phenoxy) is 1. The van der Waals surface area contributed by atoms with Gasteiger partial charge >= 0.3 is 5.97 Å². The van der Waals surface area contributed by atoms with Crippen molar-refractivity contribution in [3.63, 3.8) is 0 Å². The van der Waals surface area contributed by atoms with Gasteiger partial charge in [0.2, 0.25) is 0 Å². The van der Waals surface area contributed by atoms with Gasteiger partial charge in [-0.2, -0.15) is 4.99 Å². The van der Waals surface area contributed by atoms with Gasteiger partial charge in [0.25, 0.3) is 5.91 Å². The molecule has 0 atom stereocenters. The molecule has 0 spiro atoms. The number of benzene rings is 2. The van der Waals surface area contributed by atoms with Gasteiger partial charge in [0, 0.05) is 16.7 Å². The van der Waals surface area contributed by atoms with Crippen LogP contribution >= 0.6 is 0 Å². The molecule has 33 heavy (non-hydrogen) atoms. The molecule has 0 aliphatic carbocycles. The molecule has 6 heteroatoms. The van der Waals surface area contributed by atoms with Crippen molar-refractivity contribution < 1.29 is 19.4 Å². The monoisotopic (exact) mass is 446 g/mol. The normalized spacial score (nSPS) is 15.6. The number of hydrogen-bond donors (Lipinski definition) is 1. The highest BCUT2D eigenvalue weighted by Gasteiger charge is 2.32. The van der Waals surface area contributed by atoms with Crippen molar-refractivity contribution in [3.8, 4) is 0 Å². The van der Waals surface area contributed by atoms with Crippen molar-refractivity contribution in [2.24, 2.45) is 9.98 Å². The third-order valence-corrected chi connectivity index (χ3v) is 5.05. The molecule has 6 nitrogen and oxygen atoms in total. The SMILES string of the molecule is C/C(O)=C(\C(=O)OC(C)(C)C)C1=NC(=NC(=O)c2ccc(C(C)(C)C)cc2)c2ccccc21. The first kappa shape index (κ1) is 24.1. The van der Waals surface area contributed by atoms with E-state index in [1.807, 2.05) is 12.1 Å². The van der Waals surface area contributed by atoms with Crippen LogP contribution in [-0.4, -0.2) is 34.1 Å². The van der Waals surface area contributed by atoms with Gasteiger partial charge in [0.05, 0.1) is 5.71 Å². The summed E-state index contributed by atoms with van der Waals surface area (Å²) in [5, 5.41) is 10.3. The second kappa shape index (κ2) is 8.77. The molecule has 0 saturated heterocycles. The Kier molecular flexibility index (Phi) is 6.41. The van der Waals surface area contributed by atoms with Crippen LogP contribution in [0.25, 0.3) is 0 Å². The molecule has 3 rings (SSSR count). The lowest BCUT2D eigenvalue weighted by Crippen LogP contribution is -2.28. The minimum atomic E-state index is -0.747. The Morgan fingerprint density at radius 2 is 1.48 bits per heavy atom. The Bertz CT molecular complexity index is 1180. The summed E-state index contributed by atoms with van der Waals surface area (Å²) < 4.78 is 5.47. The van der Waals surface area contributed by atoms with Gasteiger partial charge in [-0.05, 0) is 50.8 Å². The Hall–Kier alpha value is -3.54. The fraction of sp³-hybridized carbons (Fsp3) is 0.333. The number of rotatable bonds is 3. The second-order valence-corrected chi connectivity index (χ2v) is 10.0. The molecule has 1 amide bonds.